The third-order valence-electron chi connectivity index (χ3n) is 3.03. The van der Waals surface area contributed by atoms with Gasteiger partial charge in [0.05, 0.1) is 11.5 Å². The highest BCUT2D eigenvalue weighted by atomic mass is 35.5. The molecule has 0 heterocycles. The number of nitrogens with one attached hydrogen (secondary N) is 2. The van der Waals surface area contributed by atoms with Crippen LogP contribution in [0.2, 0.25) is 5.02 Å². The Bertz CT molecular complexity index is 740. The highest BCUT2D eigenvalue weighted by Crippen LogP contribution is 2.27. The lowest BCUT2D eigenvalue weighted by Crippen LogP contribution is -2.29. The van der Waals surface area contributed by atoms with Crippen LogP contribution in [0.4, 0.5) is 15.8 Å². The van der Waals surface area contributed by atoms with Crippen molar-refractivity contribution in [2.45, 2.75) is 6.54 Å². The number of amides is 1. The van der Waals surface area contributed by atoms with Gasteiger partial charge < -0.3 is 10.6 Å². The fraction of sp³-hybridized carbons (Fsp3) is 0.133. The maximum absolute atomic E-state index is 13.4. The van der Waals surface area contributed by atoms with Crippen molar-refractivity contribution in [3.8, 4) is 0 Å². The molecule has 0 spiro atoms. The summed E-state index contributed by atoms with van der Waals surface area (Å²) in [6.45, 7) is -0.0405. The second-order valence-electron chi connectivity index (χ2n) is 4.64. The van der Waals surface area contributed by atoms with Crippen LogP contribution in [0.5, 0.6) is 0 Å². The summed E-state index contributed by atoms with van der Waals surface area (Å²) in [7, 11) is 0. The monoisotopic (exact) mass is 337 g/mol. The molecule has 8 heteroatoms. The van der Waals surface area contributed by atoms with Gasteiger partial charge in [-0.2, -0.15) is 0 Å². The van der Waals surface area contributed by atoms with E-state index in [1.54, 1.807) is 18.2 Å². The Morgan fingerprint density at radius 3 is 2.70 bits per heavy atom. The van der Waals surface area contributed by atoms with Crippen molar-refractivity contribution in [2.24, 2.45) is 0 Å². The molecular weight excluding hydrogens is 325 g/mol. The van der Waals surface area contributed by atoms with Crippen molar-refractivity contribution >= 4 is 28.9 Å². The van der Waals surface area contributed by atoms with Crippen molar-refractivity contribution in [2.75, 3.05) is 11.9 Å². The highest BCUT2D eigenvalue weighted by Gasteiger charge is 2.13. The summed E-state index contributed by atoms with van der Waals surface area (Å²) in [4.78, 5) is 21.9. The lowest BCUT2D eigenvalue weighted by Gasteiger charge is -2.08. The molecule has 0 atom stereocenters. The van der Waals surface area contributed by atoms with E-state index in [1.807, 2.05) is 0 Å². The molecule has 6 nitrogen and oxygen atoms in total. The van der Waals surface area contributed by atoms with E-state index in [9.17, 15) is 19.3 Å². The third kappa shape index (κ3) is 4.65. The fourth-order valence-electron chi connectivity index (χ4n) is 1.84. The SMILES string of the molecule is O=C(CNc1ccc(Cl)c([N+](=O)[O-])c1)NCc1ccccc1F. The van der Waals surface area contributed by atoms with Gasteiger partial charge in [0.25, 0.3) is 5.69 Å². The van der Waals surface area contributed by atoms with Crippen LogP contribution < -0.4 is 10.6 Å². The molecule has 2 rings (SSSR count). The quantitative estimate of drug-likeness (QED) is 0.626. The Balaban J connectivity index is 1.88. The fourth-order valence-corrected chi connectivity index (χ4v) is 2.03. The molecule has 0 fully saturated rings. The van der Waals surface area contributed by atoms with Gasteiger partial charge in [0.1, 0.15) is 10.8 Å². The minimum absolute atomic E-state index is 0.0181. The molecule has 120 valence electrons. The molecule has 0 bridgehead atoms. The first-order valence-corrected chi connectivity index (χ1v) is 7.03. The van der Waals surface area contributed by atoms with Crippen molar-refractivity contribution in [1.82, 2.24) is 5.32 Å². The zero-order valence-electron chi connectivity index (χ0n) is 11.9. The lowest BCUT2D eigenvalue weighted by atomic mass is 10.2. The third-order valence-corrected chi connectivity index (χ3v) is 3.35. The summed E-state index contributed by atoms with van der Waals surface area (Å²) in [5.41, 5.74) is 0.522. The number of hydrogen-bond donors (Lipinski definition) is 2. The number of nitrogens with zero attached hydrogens (tertiary/aromatic N) is 1. The molecule has 0 aromatic heterocycles. The summed E-state index contributed by atoms with van der Waals surface area (Å²) >= 11 is 5.70. The molecule has 0 radical (unpaired) electrons. The Labute approximate surface area is 136 Å². The smallest absolute Gasteiger partial charge is 0.289 e. The Morgan fingerprint density at radius 2 is 2.00 bits per heavy atom. The number of nitro benzene ring substituents is 1. The largest absolute Gasteiger partial charge is 0.376 e. The number of nitro groups is 1. The minimum Gasteiger partial charge on any atom is -0.376 e. The van der Waals surface area contributed by atoms with E-state index in [1.165, 1.54) is 24.3 Å². The Morgan fingerprint density at radius 1 is 1.26 bits per heavy atom. The first kappa shape index (κ1) is 16.7. The standard InChI is InChI=1S/C15H13ClFN3O3/c16-12-6-5-11(7-14(12)20(22)23)18-9-15(21)19-8-10-3-1-2-4-13(10)17/h1-7,18H,8-9H2,(H,19,21). The molecular formula is C15H13ClFN3O3. The number of rotatable bonds is 6. The van der Waals surface area contributed by atoms with Gasteiger partial charge in [-0.15, -0.1) is 0 Å². The predicted octanol–water partition coefficient (Wildman–Crippen LogP) is 3.12. The summed E-state index contributed by atoms with van der Waals surface area (Å²) in [5, 5.41) is 16.1. The molecule has 0 saturated heterocycles. The van der Waals surface area contributed by atoms with Gasteiger partial charge in [0, 0.05) is 23.9 Å². The van der Waals surface area contributed by atoms with E-state index in [0.717, 1.165) is 0 Å². The first-order chi connectivity index (χ1) is 11.0. The molecule has 0 aliphatic rings. The maximum Gasteiger partial charge on any atom is 0.289 e. The van der Waals surface area contributed by atoms with Crippen molar-refractivity contribution in [1.29, 1.82) is 0 Å². The van der Waals surface area contributed by atoms with Crippen LogP contribution in [0.15, 0.2) is 42.5 Å². The summed E-state index contributed by atoms with van der Waals surface area (Å²) in [6, 6.07) is 10.3. The van der Waals surface area contributed by atoms with Gasteiger partial charge in [-0.05, 0) is 18.2 Å². The predicted molar refractivity (Wildman–Crippen MR) is 84.8 cm³/mol. The highest BCUT2D eigenvalue weighted by molar-refractivity contribution is 6.32. The molecule has 1 amide bonds. The number of benzene rings is 2. The number of halogens is 2. The average Bonchev–Trinajstić information content (AvgIpc) is 2.53. The number of hydrogen-bond acceptors (Lipinski definition) is 4. The zero-order chi connectivity index (χ0) is 16.8. The molecule has 0 aliphatic carbocycles. The van der Waals surface area contributed by atoms with E-state index >= 15 is 0 Å². The molecule has 0 aliphatic heterocycles. The molecule has 2 N–H and O–H groups in total. The molecule has 2 aromatic carbocycles. The summed E-state index contributed by atoms with van der Waals surface area (Å²) < 4.78 is 13.4. The average molecular weight is 338 g/mol. The Kier molecular flexibility index (Phi) is 5.48. The van der Waals surface area contributed by atoms with E-state index < -0.39 is 10.7 Å². The van der Waals surface area contributed by atoms with Crippen LogP contribution in [0.3, 0.4) is 0 Å². The van der Waals surface area contributed by atoms with E-state index in [-0.39, 0.29) is 29.7 Å². The topological polar surface area (TPSA) is 84.3 Å². The lowest BCUT2D eigenvalue weighted by molar-refractivity contribution is -0.384. The molecule has 23 heavy (non-hydrogen) atoms. The molecule has 0 saturated carbocycles. The van der Waals surface area contributed by atoms with E-state index in [0.29, 0.717) is 11.3 Å². The number of anilines is 1. The van der Waals surface area contributed by atoms with Gasteiger partial charge in [-0.1, -0.05) is 29.8 Å². The molecule has 2 aromatic rings. The van der Waals surface area contributed by atoms with Crippen LogP contribution >= 0.6 is 11.6 Å². The maximum atomic E-state index is 13.4. The minimum atomic E-state index is -0.605. The van der Waals surface area contributed by atoms with Crippen molar-refractivity contribution in [3.63, 3.8) is 0 Å². The summed E-state index contributed by atoms with van der Waals surface area (Å²) in [5.74, 6) is -0.764. The number of carbonyl (C=O) groups is 1. The van der Waals surface area contributed by atoms with Crippen LogP contribution in [0.25, 0.3) is 0 Å². The van der Waals surface area contributed by atoms with Crippen LogP contribution in [-0.2, 0) is 11.3 Å². The normalized spacial score (nSPS) is 10.2. The van der Waals surface area contributed by atoms with Crippen LogP contribution in [0.1, 0.15) is 5.56 Å². The van der Waals surface area contributed by atoms with E-state index in [2.05, 4.69) is 10.6 Å². The molecule has 0 unspecified atom stereocenters. The van der Waals surface area contributed by atoms with E-state index in [4.69, 9.17) is 11.6 Å². The number of carbonyl (C=O) groups excluding carboxylic acids is 1. The zero-order valence-corrected chi connectivity index (χ0v) is 12.6. The van der Waals surface area contributed by atoms with Gasteiger partial charge >= 0.3 is 0 Å². The second-order valence-corrected chi connectivity index (χ2v) is 5.05. The van der Waals surface area contributed by atoms with Gasteiger partial charge in [0.15, 0.2) is 0 Å². The van der Waals surface area contributed by atoms with Crippen molar-refractivity contribution < 1.29 is 14.1 Å². The van der Waals surface area contributed by atoms with Gasteiger partial charge in [0.2, 0.25) is 5.91 Å². The van der Waals surface area contributed by atoms with Crippen LogP contribution in [-0.4, -0.2) is 17.4 Å². The summed E-state index contributed by atoms with van der Waals surface area (Å²) in [6.07, 6.45) is 0. The van der Waals surface area contributed by atoms with Crippen LogP contribution in [0, 0.1) is 15.9 Å². The first-order valence-electron chi connectivity index (χ1n) is 6.65. The second kappa shape index (κ2) is 7.55. The van der Waals surface area contributed by atoms with Crippen molar-refractivity contribution in [3.05, 3.63) is 69.0 Å². The van der Waals surface area contributed by atoms with Gasteiger partial charge in [-0.25, -0.2) is 4.39 Å². The Hall–Kier alpha value is -2.67. The van der Waals surface area contributed by atoms with Gasteiger partial charge in [-0.3, -0.25) is 14.9 Å².